The van der Waals surface area contributed by atoms with Crippen LogP contribution in [0, 0.1) is 0 Å². The van der Waals surface area contributed by atoms with Gasteiger partial charge in [-0.2, -0.15) is 0 Å². The van der Waals surface area contributed by atoms with Gasteiger partial charge in [0.1, 0.15) is 0 Å². The molecule has 0 aromatic heterocycles. The SMILES string of the molecule is O=C(O/N=C\c1ccccc1)c1ccccc1. The maximum Gasteiger partial charge on any atom is 0.365 e. The Labute approximate surface area is 99.3 Å². The molecule has 0 fully saturated rings. The van der Waals surface area contributed by atoms with E-state index >= 15 is 0 Å². The van der Waals surface area contributed by atoms with Crippen molar-refractivity contribution in [2.75, 3.05) is 0 Å². The van der Waals surface area contributed by atoms with Crippen molar-refractivity contribution >= 4 is 12.2 Å². The molecule has 0 heterocycles. The van der Waals surface area contributed by atoms with Crippen LogP contribution in [0.25, 0.3) is 0 Å². The Morgan fingerprint density at radius 3 is 2.18 bits per heavy atom. The first-order chi connectivity index (χ1) is 8.36. The van der Waals surface area contributed by atoms with E-state index in [-0.39, 0.29) is 0 Å². The van der Waals surface area contributed by atoms with Crippen LogP contribution in [-0.4, -0.2) is 12.2 Å². The third-order valence-corrected chi connectivity index (χ3v) is 2.15. The van der Waals surface area contributed by atoms with Crippen LogP contribution in [-0.2, 0) is 4.84 Å². The molecule has 3 heteroatoms. The number of nitrogens with zero attached hydrogens (tertiary/aromatic N) is 1. The lowest BCUT2D eigenvalue weighted by atomic mass is 10.2. The summed E-state index contributed by atoms with van der Waals surface area (Å²) in [6, 6.07) is 18.2. The highest BCUT2D eigenvalue weighted by molar-refractivity contribution is 5.90. The van der Waals surface area contributed by atoms with E-state index in [0.717, 1.165) is 5.56 Å². The number of carbonyl (C=O) groups is 1. The standard InChI is InChI=1S/C14H11NO2/c16-14(13-9-5-2-6-10-13)17-15-11-12-7-3-1-4-8-12/h1-11H/b15-11-. The highest BCUT2D eigenvalue weighted by Crippen LogP contribution is 2.01. The van der Waals surface area contributed by atoms with Gasteiger partial charge >= 0.3 is 5.97 Å². The molecule has 0 unspecified atom stereocenters. The van der Waals surface area contributed by atoms with Crippen LogP contribution >= 0.6 is 0 Å². The maximum atomic E-state index is 11.5. The zero-order valence-electron chi connectivity index (χ0n) is 9.11. The molecule has 17 heavy (non-hydrogen) atoms. The zero-order chi connectivity index (χ0) is 11.9. The van der Waals surface area contributed by atoms with Crippen LogP contribution < -0.4 is 0 Å². The summed E-state index contributed by atoms with van der Waals surface area (Å²) in [5, 5.41) is 3.64. The summed E-state index contributed by atoms with van der Waals surface area (Å²) in [5.74, 6) is -0.460. The summed E-state index contributed by atoms with van der Waals surface area (Å²) in [5.41, 5.74) is 1.37. The van der Waals surface area contributed by atoms with Crippen molar-refractivity contribution in [2.45, 2.75) is 0 Å². The minimum atomic E-state index is -0.460. The van der Waals surface area contributed by atoms with Crippen molar-refractivity contribution in [1.82, 2.24) is 0 Å². The molecule has 0 saturated heterocycles. The minimum Gasteiger partial charge on any atom is -0.313 e. The van der Waals surface area contributed by atoms with Gasteiger partial charge in [0.25, 0.3) is 0 Å². The van der Waals surface area contributed by atoms with Crippen LogP contribution in [0.15, 0.2) is 65.8 Å². The molecule has 2 aromatic carbocycles. The number of hydrogen-bond donors (Lipinski definition) is 0. The molecule has 0 aliphatic heterocycles. The maximum absolute atomic E-state index is 11.5. The molecule has 0 atom stereocenters. The largest absolute Gasteiger partial charge is 0.365 e. The molecule has 0 aliphatic rings. The van der Waals surface area contributed by atoms with Gasteiger partial charge in [0.2, 0.25) is 0 Å². The quantitative estimate of drug-likeness (QED) is 0.457. The van der Waals surface area contributed by atoms with Crippen molar-refractivity contribution in [3.63, 3.8) is 0 Å². The third kappa shape index (κ3) is 3.28. The fourth-order valence-corrected chi connectivity index (χ4v) is 1.30. The monoisotopic (exact) mass is 225 g/mol. The molecule has 0 N–H and O–H groups in total. The predicted octanol–water partition coefficient (Wildman–Crippen LogP) is 2.88. The summed E-state index contributed by atoms with van der Waals surface area (Å²) in [6.07, 6.45) is 1.50. The predicted molar refractivity (Wildman–Crippen MR) is 65.9 cm³/mol. The van der Waals surface area contributed by atoms with E-state index in [2.05, 4.69) is 5.16 Å². The Balaban J connectivity index is 1.95. The van der Waals surface area contributed by atoms with Crippen LogP contribution in [0.2, 0.25) is 0 Å². The Hall–Kier alpha value is -2.42. The molecule has 0 bridgehead atoms. The fraction of sp³-hybridized carbons (Fsp3) is 0. The lowest BCUT2D eigenvalue weighted by Gasteiger charge is -1.96. The van der Waals surface area contributed by atoms with Gasteiger partial charge in [0.05, 0.1) is 11.8 Å². The molecular weight excluding hydrogens is 214 g/mol. The Morgan fingerprint density at radius 2 is 1.53 bits per heavy atom. The Morgan fingerprint density at radius 1 is 0.941 bits per heavy atom. The van der Waals surface area contributed by atoms with Crippen LogP contribution in [0.3, 0.4) is 0 Å². The third-order valence-electron chi connectivity index (χ3n) is 2.15. The zero-order valence-corrected chi connectivity index (χ0v) is 9.11. The van der Waals surface area contributed by atoms with Crippen LogP contribution in [0.1, 0.15) is 15.9 Å². The first-order valence-electron chi connectivity index (χ1n) is 5.21. The molecule has 0 saturated carbocycles. The summed E-state index contributed by atoms with van der Waals surface area (Å²) >= 11 is 0. The average molecular weight is 225 g/mol. The average Bonchev–Trinajstić information content (AvgIpc) is 2.41. The number of rotatable bonds is 3. The van der Waals surface area contributed by atoms with Gasteiger partial charge in [-0.05, 0) is 17.7 Å². The van der Waals surface area contributed by atoms with Gasteiger partial charge in [-0.25, -0.2) is 4.79 Å². The van der Waals surface area contributed by atoms with E-state index in [1.807, 2.05) is 36.4 Å². The van der Waals surface area contributed by atoms with Crippen molar-refractivity contribution in [1.29, 1.82) is 0 Å². The first-order valence-corrected chi connectivity index (χ1v) is 5.21. The van der Waals surface area contributed by atoms with Crippen molar-refractivity contribution in [3.8, 4) is 0 Å². The van der Waals surface area contributed by atoms with Crippen molar-refractivity contribution < 1.29 is 9.63 Å². The normalized spacial score (nSPS) is 10.4. The smallest absolute Gasteiger partial charge is 0.313 e. The molecule has 2 rings (SSSR count). The fourth-order valence-electron chi connectivity index (χ4n) is 1.30. The molecule has 2 aromatic rings. The Bertz CT molecular complexity index is 506. The van der Waals surface area contributed by atoms with Gasteiger partial charge in [0, 0.05) is 0 Å². The van der Waals surface area contributed by atoms with Gasteiger partial charge in [0.15, 0.2) is 0 Å². The lowest BCUT2D eigenvalue weighted by molar-refractivity contribution is 0.0519. The van der Waals surface area contributed by atoms with Crippen molar-refractivity contribution in [3.05, 3.63) is 71.8 Å². The van der Waals surface area contributed by atoms with Gasteiger partial charge in [-0.1, -0.05) is 53.7 Å². The molecule has 0 spiro atoms. The van der Waals surface area contributed by atoms with Crippen molar-refractivity contribution in [2.24, 2.45) is 5.16 Å². The van der Waals surface area contributed by atoms with E-state index < -0.39 is 5.97 Å². The highest BCUT2D eigenvalue weighted by atomic mass is 16.7. The summed E-state index contributed by atoms with van der Waals surface area (Å²) in [7, 11) is 0. The molecule has 0 radical (unpaired) electrons. The minimum absolute atomic E-state index is 0.460. The van der Waals surface area contributed by atoms with E-state index in [4.69, 9.17) is 4.84 Å². The van der Waals surface area contributed by atoms with Gasteiger partial charge in [-0.3, -0.25) is 0 Å². The highest BCUT2D eigenvalue weighted by Gasteiger charge is 2.04. The van der Waals surface area contributed by atoms with E-state index in [1.165, 1.54) is 6.21 Å². The molecule has 3 nitrogen and oxygen atoms in total. The summed E-state index contributed by atoms with van der Waals surface area (Å²) in [4.78, 5) is 16.3. The van der Waals surface area contributed by atoms with E-state index in [9.17, 15) is 4.79 Å². The van der Waals surface area contributed by atoms with Gasteiger partial charge < -0.3 is 4.84 Å². The van der Waals surface area contributed by atoms with E-state index in [1.54, 1.807) is 24.3 Å². The molecule has 0 amide bonds. The number of carbonyl (C=O) groups excluding carboxylic acids is 1. The first kappa shape index (κ1) is 11.1. The summed E-state index contributed by atoms with van der Waals surface area (Å²) in [6.45, 7) is 0. The number of benzene rings is 2. The topological polar surface area (TPSA) is 38.7 Å². The second-order valence-electron chi connectivity index (χ2n) is 3.39. The summed E-state index contributed by atoms with van der Waals surface area (Å²) < 4.78 is 0. The second-order valence-corrected chi connectivity index (χ2v) is 3.39. The molecule has 0 aliphatic carbocycles. The van der Waals surface area contributed by atoms with Crippen LogP contribution in [0.5, 0.6) is 0 Å². The number of hydrogen-bond acceptors (Lipinski definition) is 3. The van der Waals surface area contributed by atoms with E-state index in [0.29, 0.717) is 5.56 Å². The molecular formula is C14H11NO2. The van der Waals surface area contributed by atoms with Gasteiger partial charge in [-0.15, -0.1) is 0 Å². The second kappa shape index (κ2) is 5.61. The molecule has 84 valence electrons. The number of oxime groups is 1. The lowest BCUT2D eigenvalue weighted by Crippen LogP contribution is -2.00. The Kier molecular flexibility index (Phi) is 3.65. The van der Waals surface area contributed by atoms with Crippen LogP contribution in [0.4, 0.5) is 0 Å².